The summed E-state index contributed by atoms with van der Waals surface area (Å²) in [6.07, 6.45) is 2.18. The SMILES string of the molecule is COc1ccc(C(=O)N2CCCC2)cc1COc1cc(C)cc(C)c1. The Balaban J connectivity index is 1.78. The van der Waals surface area contributed by atoms with E-state index in [2.05, 4.69) is 19.9 Å². The van der Waals surface area contributed by atoms with Crippen LogP contribution in [0.15, 0.2) is 36.4 Å². The van der Waals surface area contributed by atoms with Gasteiger partial charge in [-0.1, -0.05) is 6.07 Å². The Hall–Kier alpha value is -2.49. The lowest BCUT2D eigenvalue weighted by Crippen LogP contribution is -2.27. The normalized spacial score (nSPS) is 13.8. The van der Waals surface area contributed by atoms with E-state index < -0.39 is 0 Å². The van der Waals surface area contributed by atoms with E-state index >= 15 is 0 Å². The van der Waals surface area contributed by atoms with Gasteiger partial charge in [0.2, 0.25) is 0 Å². The quantitative estimate of drug-likeness (QED) is 0.822. The average molecular weight is 339 g/mol. The van der Waals surface area contributed by atoms with Gasteiger partial charge in [0.25, 0.3) is 5.91 Å². The van der Waals surface area contributed by atoms with Crippen LogP contribution in [0.1, 0.15) is 39.9 Å². The van der Waals surface area contributed by atoms with Crippen LogP contribution in [0.2, 0.25) is 0 Å². The van der Waals surface area contributed by atoms with Crippen LogP contribution in [0.4, 0.5) is 0 Å². The van der Waals surface area contributed by atoms with Gasteiger partial charge in [-0.3, -0.25) is 4.79 Å². The fourth-order valence-electron chi connectivity index (χ4n) is 3.30. The fourth-order valence-corrected chi connectivity index (χ4v) is 3.30. The van der Waals surface area contributed by atoms with Crippen LogP contribution in [-0.2, 0) is 6.61 Å². The molecule has 1 aliphatic heterocycles. The van der Waals surface area contributed by atoms with Crippen LogP contribution in [0.5, 0.6) is 11.5 Å². The molecular weight excluding hydrogens is 314 g/mol. The van der Waals surface area contributed by atoms with E-state index in [1.807, 2.05) is 35.2 Å². The minimum absolute atomic E-state index is 0.0906. The molecule has 1 aliphatic rings. The molecule has 1 heterocycles. The molecule has 1 amide bonds. The highest BCUT2D eigenvalue weighted by atomic mass is 16.5. The highest BCUT2D eigenvalue weighted by Crippen LogP contribution is 2.24. The predicted octanol–water partition coefficient (Wildman–Crippen LogP) is 4.13. The molecule has 1 saturated heterocycles. The number of aryl methyl sites for hydroxylation is 2. The van der Waals surface area contributed by atoms with Crippen molar-refractivity contribution in [3.8, 4) is 11.5 Å². The number of nitrogens with zero attached hydrogens (tertiary/aromatic N) is 1. The van der Waals surface area contributed by atoms with Crippen molar-refractivity contribution in [3.63, 3.8) is 0 Å². The molecule has 4 heteroatoms. The van der Waals surface area contributed by atoms with E-state index in [1.165, 1.54) is 11.1 Å². The van der Waals surface area contributed by atoms with Gasteiger partial charge in [0.15, 0.2) is 0 Å². The number of carbonyl (C=O) groups is 1. The number of ether oxygens (including phenoxy) is 2. The summed E-state index contributed by atoms with van der Waals surface area (Å²) in [6, 6.07) is 11.7. The van der Waals surface area contributed by atoms with Gasteiger partial charge in [-0.15, -0.1) is 0 Å². The number of methoxy groups -OCH3 is 1. The van der Waals surface area contributed by atoms with Gasteiger partial charge in [0, 0.05) is 24.2 Å². The van der Waals surface area contributed by atoms with Gasteiger partial charge >= 0.3 is 0 Å². The maximum absolute atomic E-state index is 12.6. The summed E-state index contributed by atoms with van der Waals surface area (Å²) in [5, 5.41) is 0. The number of likely N-dealkylation sites (tertiary alicyclic amines) is 1. The zero-order valence-electron chi connectivity index (χ0n) is 15.2. The van der Waals surface area contributed by atoms with Gasteiger partial charge < -0.3 is 14.4 Å². The van der Waals surface area contributed by atoms with E-state index in [0.29, 0.717) is 12.2 Å². The number of carbonyl (C=O) groups excluding carboxylic acids is 1. The van der Waals surface area contributed by atoms with E-state index in [4.69, 9.17) is 9.47 Å². The molecule has 0 atom stereocenters. The maximum Gasteiger partial charge on any atom is 0.253 e. The van der Waals surface area contributed by atoms with E-state index in [-0.39, 0.29) is 5.91 Å². The van der Waals surface area contributed by atoms with Crippen LogP contribution in [-0.4, -0.2) is 31.0 Å². The predicted molar refractivity (Wildman–Crippen MR) is 98.4 cm³/mol. The summed E-state index contributed by atoms with van der Waals surface area (Å²) in [4.78, 5) is 14.5. The van der Waals surface area contributed by atoms with Crippen molar-refractivity contribution < 1.29 is 14.3 Å². The number of rotatable bonds is 5. The molecule has 0 N–H and O–H groups in total. The van der Waals surface area contributed by atoms with E-state index in [9.17, 15) is 4.79 Å². The smallest absolute Gasteiger partial charge is 0.253 e. The molecule has 4 nitrogen and oxygen atoms in total. The van der Waals surface area contributed by atoms with Crippen molar-refractivity contribution in [2.75, 3.05) is 20.2 Å². The molecule has 1 fully saturated rings. The maximum atomic E-state index is 12.6. The Morgan fingerprint density at radius 3 is 2.36 bits per heavy atom. The molecule has 0 aliphatic carbocycles. The Kier molecular flexibility index (Phi) is 5.27. The topological polar surface area (TPSA) is 38.8 Å². The van der Waals surface area contributed by atoms with Gasteiger partial charge in [-0.05, 0) is 68.1 Å². The summed E-state index contributed by atoms with van der Waals surface area (Å²) >= 11 is 0. The minimum atomic E-state index is 0.0906. The first kappa shape index (κ1) is 17.3. The van der Waals surface area contributed by atoms with Crippen molar-refractivity contribution >= 4 is 5.91 Å². The molecule has 2 aromatic rings. The summed E-state index contributed by atoms with van der Waals surface area (Å²) in [5.74, 6) is 1.66. The molecule has 0 unspecified atom stereocenters. The summed E-state index contributed by atoms with van der Waals surface area (Å²) < 4.78 is 11.4. The third-order valence-electron chi connectivity index (χ3n) is 4.51. The average Bonchev–Trinajstić information content (AvgIpc) is 3.13. The van der Waals surface area contributed by atoms with Gasteiger partial charge in [-0.25, -0.2) is 0 Å². The summed E-state index contributed by atoms with van der Waals surface area (Å²) in [7, 11) is 1.64. The molecule has 0 radical (unpaired) electrons. The van der Waals surface area contributed by atoms with Gasteiger partial charge in [0.05, 0.1) is 7.11 Å². The lowest BCUT2D eigenvalue weighted by molar-refractivity contribution is 0.0792. The Bertz CT molecular complexity index is 743. The third kappa shape index (κ3) is 4.13. The molecule has 0 spiro atoms. The van der Waals surface area contributed by atoms with E-state index in [1.54, 1.807) is 7.11 Å². The van der Waals surface area contributed by atoms with Crippen LogP contribution in [0.3, 0.4) is 0 Å². The molecular formula is C21H25NO3. The van der Waals surface area contributed by atoms with Crippen LogP contribution >= 0.6 is 0 Å². The Morgan fingerprint density at radius 1 is 1.04 bits per heavy atom. The molecule has 0 bridgehead atoms. The molecule has 0 saturated carbocycles. The molecule has 132 valence electrons. The van der Waals surface area contributed by atoms with Gasteiger partial charge in [-0.2, -0.15) is 0 Å². The van der Waals surface area contributed by atoms with Crippen molar-refractivity contribution in [3.05, 3.63) is 58.7 Å². The monoisotopic (exact) mass is 339 g/mol. The summed E-state index contributed by atoms with van der Waals surface area (Å²) in [5.41, 5.74) is 3.91. The molecule has 0 aromatic heterocycles. The second kappa shape index (κ2) is 7.60. The van der Waals surface area contributed by atoms with Crippen LogP contribution < -0.4 is 9.47 Å². The number of benzene rings is 2. The fraction of sp³-hybridized carbons (Fsp3) is 0.381. The number of hydrogen-bond donors (Lipinski definition) is 0. The third-order valence-corrected chi connectivity index (χ3v) is 4.51. The second-order valence-corrected chi connectivity index (χ2v) is 6.64. The van der Waals surface area contributed by atoms with Crippen molar-refractivity contribution in [2.24, 2.45) is 0 Å². The molecule has 3 rings (SSSR count). The molecule has 25 heavy (non-hydrogen) atoms. The second-order valence-electron chi connectivity index (χ2n) is 6.64. The Morgan fingerprint density at radius 2 is 1.72 bits per heavy atom. The standard InChI is InChI=1S/C21H25NO3/c1-15-10-16(2)12-19(11-15)25-14-18-13-17(6-7-20(18)24-3)21(23)22-8-4-5-9-22/h6-7,10-13H,4-5,8-9,14H2,1-3H3. The summed E-state index contributed by atoms with van der Waals surface area (Å²) in [6.45, 7) is 6.16. The van der Waals surface area contributed by atoms with Crippen LogP contribution in [0, 0.1) is 13.8 Å². The Labute approximate surface area is 149 Å². The lowest BCUT2D eigenvalue weighted by atomic mass is 10.1. The highest BCUT2D eigenvalue weighted by molar-refractivity contribution is 5.94. The zero-order valence-corrected chi connectivity index (χ0v) is 15.2. The number of amides is 1. The first-order chi connectivity index (χ1) is 12.1. The van der Waals surface area contributed by atoms with Crippen molar-refractivity contribution in [1.29, 1.82) is 0 Å². The van der Waals surface area contributed by atoms with E-state index in [0.717, 1.165) is 43.0 Å². The van der Waals surface area contributed by atoms with Crippen molar-refractivity contribution in [1.82, 2.24) is 4.90 Å². The highest BCUT2D eigenvalue weighted by Gasteiger charge is 2.20. The minimum Gasteiger partial charge on any atom is -0.496 e. The first-order valence-corrected chi connectivity index (χ1v) is 8.74. The lowest BCUT2D eigenvalue weighted by Gasteiger charge is -2.17. The van der Waals surface area contributed by atoms with Gasteiger partial charge in [0.1, 0.15) is 18.1 Å². The van der Waals surface area contributed by atoms with Crippen molar-refractivity contribution in [2.45, 2.75) is 33.3 Å². The zero-order chi connectivity index (χ0) is 17.8. The first-order valence-electron chi connectivity index (χ1n) is 8.74. The van der Waals surface area contributed by atoms with Crippen LogP contribution in [0.25, 0.3) is 0 Å². The largest absolute Gasteiger partial charge is 0.496 e. The number of hydrogen-bond acceptors (Lipinski definition) is 3. The molecule has 2 aromatic carbocycles.